The van der Waals surface area contributed by atoms with Crippen LogP contribution in [0.15, 0.2) is 42.6 Å². The molecule has 3 aromatic heterocycles. The smallest absolute Gasteiger partial charge is 0.219 e. The van der Waals surface area contributed by atoms with Gasteiger partial charge in [0.15, 0.2) is 0 Å². The third kappa shape index (κ3) is 4.05. The summed E-state index contributed by atoms with van der Waals surface area (Å²) >= 11 is 0. The fraction of sp³-hybridized carbons (Fsp3) is 0.353. The number of para-hydroxylation sites is 1. The molecule has 0 spiro atoms. The molecule has 9 heteroatoms. The van der Waals surface area contributed by atoms with Crippen LogP contribution in [0.2, 0.25) is 0 Å². The van der Waals surface area contributed by atoms with Gasteiger partial charge in [-0.3, -0.25) is 0 Å². The molecular weight excluding hydrogens is 334 g/mol. The van der Waals surface area contributed by atoms with E-state index in [0.29, 0.717) is 5.65 Å². The van der Waals surface area contributed by atoms with Gasteiger partial charge in [-0.25, -0.2) is 4.98 Å². The minimum atomic E-state index is 0.0620. The van der Waals surface area contributed by atoms with Gasteiger partial charge in [-0.2, -0.15) is 0 Å². The molecule has 4 rings (SSSR count). The first-order valence-electron chi connectivity index (χ1n) is 8.35. The Bertz CT molecular complexity index is 897. The maximum Gasteiger partial charge on any atom is 0.219 e. The second-order valence-corrected chi connectivity index (χ2v) is 6.07. The summed E-state index contributed by atoms with van der Waals surface area (Å²) in [5, 5.41) is 15.6. The molecule has 1 aromatic carbocycles. The molecule has 3 heterocycles. The highest BCUT2D eigenvalue weighted by Gasteiger charge is 2.06. The SMILES string of the molecule is CC(C)On1nnc2ccccc21.CC(C)On1nnc2cccnc21. The van der Waals surface area contributed by atoms with Gasteiger partial charge < -0.3 is 9.68 Å². The molecule has 136 valence electrons. The van der Waals surface area contributed by atoms with E-state index in [1.54, 1.807) is 6.20 Å². The summed E-state index contributed by atoms with van der Waals surface area (Å²) in [5.74, 6) is 0. The van der Waals surface area contributed by atoms with E-state index in [-0.39, 0.29) is 12.2 Å². The Labute approximate surface area is 150 Å². The van der Waals surface area contributed by atoms with Gasteiger partial charge in [-0.15, -0.1) is 10.2 Å². The number of aromatic nitrogens is 7. The summed E-state index contributed by atoms with van der Waals surface area (Å²) < 4.78 is 0. The van der Waals surface area contributed by atoms with E-state index >= 15 is 0 Å². The molecule has 0 unspecified atom stereocenters. The molecule has 4 aromatic rings. The van der Waals surface area contributed by atoms with Crippen molar-refractivity contribution in [2.24, 2.45) is 0 Å². The van der Waals surface area contributed by atoms with Crippen LogP contribution in [0.25, 0.3) is 22.2 Å². The first-order chi connectivity index (χ1) is 12.5. The summed E-state index contributed by atoms with van der Waals surface area (Å²) in [4.78, 5) is 17.7. The minimum absolute atomic E-state index is 0.0620. The Hall–Kier alpha value is -3.23. The fourth-order valence-electron chi connectivity index (χ4n) is 2.14. The third-order valence-corrected chi connectivity index (χ3v) is 3.12. The van der Waals surface area contributed by atoms with Gasteiger partial charge in [0.05, 0.1) is 0 Å². The number of rotatable bonds is 4. The molecule has 9 nitrogen and oxygen atoms in total. The third-order valence-electron chi connectivity index (χ3n) is 3.12. The Morgan fingerprint density at radius 1 is 0.769 bits per heavy atom. The summed E-state index contributed by atoms with van der Waals surface area (Å²) in [6, 6.07) is 11.4. The van der Waals surface area contributed by atoms with Crippen LogP contribution >= 0.6 is 0 Å². The standard InChI is InChI=1S/C9H11N3O.C8H10N4O/c1-7(2)13-12-9-6-4-3-5-8(9)10-11-12;1-6(2)13-12-8-7(10-11-12)4-3-5-9-8/h3-7H,1-2H3;3-6H,1-2H3. The fourth-order valence-corrected chi connectivity index (χ4v) is 2.14. The van der Waals surface area contributed by atoms with E-state index in [1.165, 1.54) is 9.69 Å². The summed E-state index contributed by atoms with van der Waals surface area (Å²) in [6.45, 7) is 7.76. The molecule has 0 fully saturated rings. The van der Waals surface area contributed by atoms with E-state index in [2.05, 4.69) is 25.6 Å². The van der Waals surface area contributed by atoms with Crippen LogP contribution in [0.3, 0.4) is 0 Å². The molecule has 0 aliphatic heterocycles. The molecular formula is C17H21N7O2. The van der Waals surface area contributed by atoms with E-state index in [0.717, 1.165) is 16.6 Å². The zero-order valence-corrected chi connectivity index (χ0v) is 15.1. The minimum Gasteiger partial charge on any atom is -0.392 e. The van der Waals surface area contributed by atoms with E-state index < -0.39 is 0 Å². The maximum absolute atomic E-state index is 5.41. The number of fused-ring (bicyclic) bond motifs is 2. The van der Waals surface area contributed by atoms with Gasteiger partial charge in [0.25, 0.3) is 0 Å². The van der Waals surface area contributed by atoms with Gasteiger partial charge in [0, 0.05) is 6.20 Å². The summed E-state index contributed by atoms with van der Waals surface area (Å²) in [7, 11) is 0. The Kier molecular flexibility index (Phi) is 5.26. The lowest BCUT2D eigenvalue weighted by Gasteiger charge is -2.07. The van der Waals surface area contributed by atoms with Crippen molar-refractivity contribution in [3.63, 3.8) is 0 Å². The van der Waals surface area contributed by atoms with Crippen molar-refractivity contribution >= 4 is 22.2 Å². The van der Waals surface area contributed by atoms with Crippen molar-refractivity contribution in [2.75, 3.05) is 0 Å². The normalized spacial score (nSPS) is 11.0. The molecule has 0 N–H and O–H groups in total. The number of pyridine rings is 1. The van der Waals surface area contributed by atoms with E-state index in [4.69, 9.17) is 9.68 Å². The number of hydrogen-bond acceptors (Lipinski definition) is 7. The average molecular weight is 355 g/mol. The predicted molar refractivity (Wildman–Crippen MR) is 96.3 cm³/mol. The molecule has 0 bridgehead atoms. The summed E-state index contributed by atoms with van der Waals surface area (Å²) in [5.41, 5.74) is 3.14. The zero-order valence-electron chi connectivity index (χ0n) is 15.1. The maximum atomic E-state index is 5.41. The Morgan fingerprint density at radius 2 is 1.38 bits per heavy atom. The van der Waals surface area contributed by atoms with Crippen LogP contribution in [0.4, 0.5) is 0 Å². The van der Waals surface area contributed by atoms with Gasteiger partial charge in [-0.05, 0) is 62.4 Å². The predicted octanol–water partition coefficient (Wildman–Crippen LogP) is 1.93. The van der Waals surface area contributed by atoms with Crippen molar-refractivity contribution < 1.29 is 9.68 Å². The van der Waals surface area contributed by atoms with Crippen molar-refractivity contribution in [3.8, 4) is 0 Å². The first-order valence-corrected chi connectivity index (χ1v) is 8.35. The second kappa shape index (κ2) is 7.77. The molecule has 0 saturated carbocycles. The van der Waals surface area contributed by atoms with Gasteiger partial charge in [-0.1, -0.05) is 21.8 Å². The van der Waals surface area contributed by atoms with Gasteiger partial charge in [0.1, 0.15) is 28.8 Å². The Balaban J connectivity index is 0.000000151. The lowest BCUT2D eigenvalue weighted by molar-refractivity contribution is 0.0397. The summed E-state index contributed by atoms with van der Waals surface area (Å²) in [6.07, 6.45) is 1.85. The molecule has 0 atom stereocenters. The topological polar surface area (TPSA) is 92.8 Å². The van der Waals surface area contributed by atoms with Crippen LogP contribution in [0, 0.1) is 0 Å². The molecule has 0 saturated heterocycles. The zero-order chi connectivity index (χ0) is 18.5. The van der Waals surface area contributed by atoms with Crippen molar-refractivity contribution in [1.29, 1.82) is 0 Å². The molecule has 0 aliphatic carbocycles. The van der Waals surface area contributed by atoms with Gasteiger partial charge >= 0.3 is 0 Å². The average Bonchev–Trinajstić information content (AvgIpc) is 3.20. The first kappa shape index (κ1) is 17.6. The van der Waals surface area contributed by atoms with Crippen molar-refractivity contribution in [1.82, 2.24) is 35.3 Å². The molecule has 0 amide bonds. The van der Waals surface area contributed by atoms with Crippen LogP contribution in [-0.2, 0) is 0 Å². The quantitative estimate of drug-likeness (QED) is 0.552. The largest absolute Gasteiger partial charge is 0.392 e. The number of hydrogen-bond donors (Lipinski definition) is 0. The highest BCUT2D eigenvalue weighted by atomic mass is 16.7. The number of benzene rings is 1. The van der Waals surface area contributed by atoms with Gasteiger partial charge in [0.2, 0.25) is 5.65 Å². The lowest BCUT2D eigenvalue weighted by Crippen LogP contribution is -2.20. The number of nitrogens with zero attached hydrogens (tertiary/aromatic N) is 7. The van der Waals surface area contributed by atoms with Crippen LogP contribution < -0.4 is 9.68 Å². The molecule has 0 radical (unpaired) electrons. The van der Waals surface area contributed by atoms with Crippen molar-refractivity contribution in [2.45, 2.75) is 39.9 Å². The Morgan fingerprint density at radius 3 is 2.15 bits per heavy atom. The van der Waals surface area contributed by atoms with Crippen LogP contribution in [0.1, 0.15) is 27.7 Å². The van der Waals surface area contributed by atoms with Crippen LogP contribution in [-0.4, -0.2) is 47.5 Å². The highest BCUT2D eigenvalue weighted by molar-refractivity contribution is 5.73. The lowest BCUT2D eigenvalue weighted by atomic mass is 10.3. The van der Waals surface area contributed by atoms with E-state index in [9.17, 15) is 0 Å². The highest BCUT2D eigenvalue weighted by Crippen LogP contribution is 2.08. The van der Waals surface area contributed by atoms with Crippen LogP contribution in [0.5, 0.6) is 0 Å². The molecule has 0 aliphatic rings. The van der Waals surface area contributed by atoms with E-state index in [1.807, 2.05) is 64.1 Å². The molecule has 26 heavy (non-hydrogen) atoms. The monoisotopic (exact) mass is 355 g/mol. The van der Waals surface area contributed by atoms with Crippen molar-refractivity contribution in [3.05, 3.63) is 42.6 Å². The second-order valence-electron chi connectivity index (χ2n) is 6.07.